The number of hydrogen-bond donors (Lipinski definition) is 1. The predicted molar refractivity (Wildman–Crippen MR) is 178 cm³/mol. The number of methoxy groups -OCH3 is 1. The first kappa shape index (κ1) is 33.3. The molecule has 0 aliphatic heterocycles. The van der Waals surface area contributed by atoms with E-state index in [0.717, 1.165) is 33.8 Å². The molecule has 0 fully saturated rings. The summed E-state index contributed by atoms with van der Waals surface area (Å²) in [6, 6.07) is 31.2. The average Bonchev–Trinajstić information content (AvgIpc) is 3.06. The average molecular weight is 628 g/mol. The molecule has 0 spiro atoms. The molecule has 45 heavy (non-hydrogen) atoms. The van der Waals surface area contributed by atoms with Gasteiger partial charge in [0.2, 0.25) is 11.8 Å². The number of nitrogens with zero attached hydrogens (tertiary/aromatic N) is 2. The highest BCUT2D eigenvalue weighted by Gasteiger charge is 2.35. The van der Waals surface area contributed by atoms with E-state index >= 15 is 0 Å². The number of para-hydroxylation sites is 2. The highest BCUT2D eigenvalue weighted by atomic mass is 32.2. The maximum absolute atomic E-state index is 14.5. The van der Waals surface area contributed by atoms with Crippen molar-refractivity contribution >= 4 is 27.5 Å². The van der Waals surface area contributed by atoms with Crippen molar-refractivity contribution in [2.24, 2.45) is 0 Å². The smallest absolute Gasteiger partial charge is 0.264 e. The number of carbonyl (C=O) groups is 2. The number of ether oxygens (including phenoxy) is 1. The zero-order valence-electron chi connectivity index (χ0n) is 26.1. The summed E-state index contributed by atoms with van der Waals surface area (Å²) in [6.07, 6.45) is 1.96. The van der Waals surface area contributed by atoms with Crippen LogP contribution < -0.4 is 14.4 Å². The minimum atomic E-state index is -4.22. The van der Waals surface area contributed by atoms with Crippen molar-refractivity contribution in [3.05, 3.63) is 126 Å². The van der Waals surface area contributed by atoms with Crippen LogP contribution in [0, 0.1) is 6.92 Å². The minimum absolute atomic E-state index is 0.0413. The Balaban J connectivity index is 1.80. The molecule has 0 aliphatic carbocycles. The van der Waals surface area contributed by atoms with Gasteiger partial charge in [0.1, 0.15) is 18.3 Å². The molecular weight excluding hydrogens is 586 g/mol. The Morgan fingerprint density at radius 3 is 2.04 bits per heavy atom. The number of nitrogens with one attached hydrogen (secondary N) is 1. The molecule has 0 saturated carbocycles. The van der Waals surface area contributed by atoms with Crippen molar-refractivity contribution in [1.29, 1.82) is 0 Å². The van der Waals surface area contributed by atoms with E-state index in [1.807, 2.05) is 74.5 Å². The van der Waals surface area contributed by atoms with Crippen LogP contribution in [-0.2, 0) is 32.6 Å². The largest absolute Gasteiger partial charge is 0.495 e. The lowest BCUT2D eigenvalue weighted by atomic mass is 10.0. The van der Waals surface area contributed by atoms with E-state index in [2.05, 4.69) is 5.32 Å². The van der Waals surface area contributed by atoms with Gasteiger partial charge in [0.25, 0.3) is 10.0 Å². The second-order valence-electron chi connectivity index (χ2n) is 10.9. The van der Waals surface area contributed by atoms with Gasteiger partial charge in [-0.3, -0.25) is 13.9 Å². The number of hydrogen-bond acceptors (Lipinski definition) is 5. The standard InChI is InChI=1S/C36H41N3O5S/c1-4-5-24-37-36(41)33(25-29-14-8-6-9-15-29)38(26-30-16-10-7-11-17-30)35(40)27-39(32-18-12-13-19-34(32)44-3)45(42,43)31-22-20-28(2)21-23-31/h6-23,33H,4-5,24-27H2,1-3H3,(H,37,41). The van der Waals surface area contributed by atoms with Gasteiger partial charge in [0, 0.05) is 19.5 Å². The number of benzene rings is 4. The Morgan fingerprint density at radius 2 is 1.42 bits per heavy atom. The molecule has 0 radical (unpaired) electrons. The summed E-state index contributed by atoms with van der Waals surface area (Å²) in [5.41, 5.74) is 2.82. The summed E-state index contributed by atoms with van der Waals surface area (Å²) in [5, 5.41) is 3.00. The third kappa shape index (κ3) is 8.73. The quantitative estimate of drug-likeness (QED) is 0.169. The fourth-order valence-electron chi connectivity index (χ4n) is 5.03. The zero-order chi connectivity index (χ0) is 32.2. The molecule has 1 N–H and O–H groups in total. The van der Waals surface area contributed by atoms with Gasteiger partial charge in [-0.1, -0.05) is 104 Å². The SMILES string of the molecule is CCCCNC(=O)C(Cc1ccccc1)N(Cc1ccccc1)C(=O)CN(c1ccccc1OC)S(=O)(=O)c1ccc(C)cc1. The van der Waals surface area contributed by atoms with Crippen molar-refractivity contribution in [3.63, 3.8) is 0 Å². The lowest BCUT2D eigenvalue weighted by Crippen LogP contribution is -2.53. The van der Waals surface area contributed by atoms with Gasteiger partial charge in [-0.15, -0.1) is 0 Å². The molecule has 4 aromatic rings. The Bertz CT molecular complexity index is 1650. The number of anilines is 1. The third-order valence-electron chi connectivity index (χ3n) is 7.54. The molecule has 1 unspecified atom stereocenters. The summed E-state index contributed by atoms with van der Waals surface area (Å²) in [4.78, 5) is 29.9. The second kappa shape index (κ2) is 15.9. The van der Waals surface area contributed by atoms with E-state index in [1.54, 1.807) is 36.4 Å². The molecule has 1 atom stereocenters. The summed E-state index contributed by atoms with van der Waals surface area (Å²) in [5.74, 6) is -0.512. The van der Waals surface area contributed by atoms with Gasteiger partial charge in [-0.05, 0) is 48.7 Å². The molecule has 2 amide bonds. The normalized spacial score (nSPS) is 11.8. The summed E-state index contributed by atoms with van der Waals surface area (Å²) in [7, 11) is -2.77. The van der Waals surface area contributed by atoms with Crippen molar-refractivity contribution in [2.75, 3.05) is 24.5 Å². The van der Waals surface area contributed by atoms with Crippen LogP contribution in [0.25, 0.3) is 0 Å². The zero-order valence-corrected chi connectivity index (χ0v) is 26.9. The minimum Gasteiger partial charge on any atom is -0.495 e. The number of unbranched alkanes of at least 4 members (excludes halogenated alkanes) is 1. The third-order valence-corrected chi connectivity index (χ3v) is 9.31. The highest BCUT2D eigenvalue weighted by molar-refractivity contribution is 7.92. The molecule has 236 valence electrons. The molecule has 9 heteroatoms. The van der Waals surface area contributed by atoms with Gasteiger partial charge < -0.3 is 15.0 Å². The lowest BCUT2D eigenvalue weighted by Gasteiger charge is -2.34. The van der Waals surface area contributed by atoms with Gasteiger partial charge in [-0.25, -0.2) is 8.42 Å². The van der Waals surface area contributed by atoms with E-state index in [1.165, 1.54) is 24.1 Å². The first-order valence-corrected chi connectivity index (χ1v) is 16.6. The first-order valence-electron chi connectivity index (χ1n) is 15.1. The molecule has 4 rings (SSSR count). The highest BCUT2D eigenvalue weighted by Crippen LogP contribution is 2.32. The number of amides is 2. The van der Waals surface area contributed by atoms with E-state index in [-0.39, 0.29) is 29.5 Å². The van der Waals surface area contributed by atoms with E-state index in [0.29, 0.717) is 12.3 Å². The Hall–Kier alpha value is -4.63. The van der Waals surface area contributed by atoms with Crippen LogP contribution in [0.15, 0.2) is 114 Å². The molecule has 0 aromatic heterocycles. The van der Waals surface area contributed by atoms with Crippen LogP contribution >= 0.6 is 0 Å². The van der Waals surface area contributed by atoms with Crippen molar-refractivity contribution < 1.29 is 22.7 Å². The molecule has 0 aliphatic rings. The Morgan fingerprint density at radius 1 is 0.822 bits per heavy atom. The van der Waals surface area contributed by atoms with Crippen LogP contribution in [0.1, 0.15) is 36.5 Å². The second-order valence-corrected chi connectivity index (χ2v) is 12.7. The molecule has 4 aromatic carbocycles. The van der Waals surface area contributed by atoms with E-state index in [9.17, 15) is 18.0 Å². The van der Waals surface area contributed by atoms with Crippen LogP contribution in [0.4, 0.5) is 5.69 Å². The molecule has 8 nitrogen and oxygen atoms in total. The van der Waals surface area contributed by atoms with Crippen LogP contribution in [0.3, 0.4) is 0 Å². The molecule has 0 bridgehead atoms. The fraction of sp³-hybridized carbons (Fsp3) is 0.278. The number of rotatable bonds is 15. The van der Waals surface area contributed by atoms with Gasteiger partial charge >= 0.3 is 0 Å². The van der Waals surface area contributed by atoms with Crippen LogP contribution in [0.2, 0.25) is 0 Å². The number of aryl methyl sites for hydroxylation is 1. The maximum atomic E-state index is 14.5. The molecular formula is C36H41N3O5S. The number of sulfonamides is 1. The lowest BCUT2D eigenvalue weighted by molar-refractivity contribution is -0.140. The molecule has 0 heterocycles. The monoisotopic (exact) mass is 627 g/mol. The maximum Gasteiger partial charge on any atom is 0.264 e. The van der Waals surface area contributed by atoms with Gasteiger partial charge in [0.15, 0.2) is 0 Å². The first-order chi connectivity index (χ1) is 21.7. The molecule has 0 saturated heterocycles. The van der Waals surface area contributed by atoms with Crippen LogP contribution in [-0.4, -0.2) is 51.4 Å². The summed E-state index contributed by atoms with van der Waals surface area (Å²) in [6.45, 7) is 3.96. The Kier molecular flexibility index (Phi) is 11.8. The van der Waals surface area contributed by atoms with E-state index in [4.69, 9.17) is 4.74 Å². The van der Waals surface area contributed by atoms with E-state index < -0.39 is 28.5 Å². The Labute approximate surface area is 266 Å². The predicted octanol–water partition coefficient (Wildman–Crippen LogP) is 5.76. The van der Waals surface area contributed by atoms with Crippen molar-refractivity contribution in [1.82, 2.24) is 10.2 Å². The topological polar surface area (TPSA) is 96.0 Å². The van der Waals surface area contributed by atoms with Crippen LogP contribution in [0.5, 0.6) is 5.75 Å². The fourth-order valence-corrected chi connectivity index (χ4v) is 6.45. The van der Waals surface area contributed by atoms with Crippen molar-refractivity contribution in [2.45, 2.75) is 50.6 Å². The van der Waals surface area contributed by atoms with Gasteiger partial charge in [-0.2, -0.15) is 0 Å². The van der Waals surface area contributed by atoms with Gasteiger partial charge in [0.05, 0.1) is 17.7 Å². The summed E-state index contributed by atoms with van der Waals surface area (Å²) >= 11 is 0. The number of carbonyl (C=O) groups excluding carboxylic acids is 2. The summed E-state index contributed by atoms with van der Waals surface area (Å²) < 4.78 is 35.0. The van der Waals surface area contributed by atoms with Crippen molar-refractivity contribution in [3.8, 4) is 5.75 Å².